The zero-order valence-electron chi connectivity index (χ0n) is 11.7. The Morgan fingerprint density at radius 3 is 2.42 bits per heavy atom. The summed E-state index contributed by atoms with van der Waals surface area (Å²) in [4.78, 5) is 0.916. The number of fused-ring (bicyclic) bond motifs is 1. The van der Waals surface area contributed by atoms with E-state index in [1.165, 1.54) is 5.39 Å². The summed E-state index contributed by atoms with van der Waals surface area (Å²) in [6, 6.07) is 14.5. The largest absolute Gasteiger partial charge is 0.316 e. The molecule has 2 aromatic rings. The van der Waals surface area contributed by atoms with E-state index >= 15 is 0 Å². The minimum atomic E-state index is -0.952. The number of benzene rings is 2. The van der Waals surface area contributed by atoms with E-state index < -0.39 is 10.8 Å². The molecule has 1 N–H and O–H groups in total. The van der Waals surface area contributed by atoms with Crippen molar-refractivity contribution in [2.45, 2.75) is 24.8 Å². The fourth-order valence-corrected chi connectivity index (χ4v) is 3.73. The van der Waals surface area contributed by atoms with Gasteiger partial charge in [-0.05, 0) is 35.9 Å². The second-order valence-corrected chi connectivity index (χ2v) is 6.66. The molecule has 0 aliphatic carbocycles. The second kappa shape index (κ2) is 6.31. The lowest BCUT2D eigenvalue weighted by Gasteiger charge is -2.19. The molecule has 2 aromatic carbocycles. The third-order valence-electron chi connectivity index (χ3n) is 3.49. The molecule has 0 spiro atoms. The van der Waals surface area contributed by atoms with Crippen LogP contribution >= 0.6 is 0 Å². The van der Waals surface area contributed by atoms with Crippen LogP contribution in [0.5, 0.6) is 0 Å². The van der Waals surface area contributed by atoms with Gasteiger partial charge in [0.2, 0.25) is 0 Å². The van der Waals surface area contributed by atoms with Gasteiger partial charge in [-0.15, -0.1) is 0 Å². The maximum Gasteiger partial charge on any atom is 0.0545 e. The number of rotatable bonds is 5. The fraction of sp³-hybridized carbons (Fsp3) is 0.375. The first-order valence-electron chi connectivity index (χ1n) is 6.66. The van der Waals surface area contributed by atoms with Crippen molar-refractivity contribution in [2.24, 2.45) is 5.92 Å². The fourth-order valence-electron chi connectivity index (χ4n) is 2.18. The molecule has 3 heteroatoms. The van der Waals surface area contributed by atoms with Crippen molar-refractivity contribution in [1.82, 2.24) is 5.32 Å². The van der Waals surface area contributed by atoms with Gasteiger partial charge in [-0.3, -0.25) is 4.21 Å². The quantitative estimate of drug-likeness (QED) is 0.908. The Kier molecular flexibility index (Phi) is 4.72. The van der Waals surface area contributed by atoms with Gasteiger partial charge >= 0.3 is 0 Å². The van der Waals surface area contributed by atoms with Crippen LogP contribution in [0.2, 0.25) is 0 Å². The van der Waals surface area contributed by atoms with E-state index in [2.05, 4.69) is 31.3 Å². The van der Waals surface area contributed by atoms with Crippen molar-refractivity contribution >= 4 is 21.6 Å². The number of hydrogen-bond acceptors (Lipinski definition) is 2. The summed E-state index contributed by atoms with van der Waals surface area (Å²) in [5.41, 5.74) is 0. The predicted molar refractivity (Wildman–Crippen MR) is 82.9 cm³/mol. The highest BCUT2D eigenvalue weighted by Crippen LogP contribution is 2.19. The normalized spacial score (nSPS) is 14.7. The van der Waals surface area contributed by atoms with E-state index in [4.69, 9.17) is 0 Å². The standard InChI is InChI=1S/C16H21NOS/c1-12(2)16(17-3)11-19(18)15-9-8-13-6-4-5-7-14(13)10-15/h4-10,12,16-17H,11H2,1-3H3. The molecular weight excluding hydrogens is 254 g/mol. The van der Waals surface area contributed by atoms with Gasteiger partial charge < -0.3 is 5.32 Å². The van der Waals surface area contributed by atoms with E-state index in [0.717, 1.165) is 10.3 Å². The molecule has 0 radical (unpaired) electrons. The second-order valence-electron chi connectivity index (χ2n) is 5.16. The lowest BCUT2D eigenvalue weighted by Crippen LogP contribution is -2.35. The summed E-state index contributed by atoms with van der Waals surface area (Å²) in [7, 11) is 0.980. The Morgan fingerprint density at radius 1 is 1.11 bits per heavy atom. The van der Waals surface area contributed by atoms with Crippen molar-refractivity contribution in [3.05, 3.63) is 42.5 Å². The molecule has 0 aliphatic rings. The Labute approximate surface area is 117 Å². The highest BCUT2D eigenvalue weighted by atomic mass is 32.2. The summed E-state index contributed by atoms with van der Waals surface area (Å²) in [6.45, 7) is 4.30. The first-order valence-corrected chi connectivity index (χ1v) is 7.98. The molecule has 102 valence electrons. The molecule has 0 saturated heterocycles. The molecule has 0 bridgehead atoms. The van der Waals surface area contributed by atoms with Crippen LogP contribution in [0.3, 0.4) is 0 Å². The molecule has 2 unspecified atom stereocenters. The van der Waals surface area contributed by atoms with Crippen molar-refractivity contribution in [3.8, 4) is 0 Å². The molecule has 19 heavy (non-hydrogen) atoms. The Morgan fingerprint density at radius 2 is 1.79 bits per heavy atom. The smallest absolute Gasteiger partial charge is 0.0545 e. The topological polar surface area (TPSA) is 29.1 Å². The summed E-state index contributed by atoms with van der Waals surface area (Å²) in [6.07, 6.45) is 0. The first kappa shape index (κ1) is 14.2. The monoisotopic (exact) mass is 275 g/mol. The van der Waals surface area contributed by atoms with Crippen molar-refractivity contribution in [1.29, 1.82) is 0 Å². The van der Waals surface area contributed by atoms with E-state index in [9.17, 15) is 4.21 Å². The summed E-state index contributed by atoms with van der Waals surface area (Å²) in [5, 5.41) is 5.59. The summed E-state index contributed by atoms with van der Waals surface area (Å²) < 4.78 is 12.4. The third-order valence-corrected chi connectivity index (χ3v) is 4.93. The van der Waals surface area contributed by atoms with Crippen LogP contribution in [-0.4, -0.2) is 23.1 Å². The number of nitrogens with one attached hydrogen (secondary N) is 1. The van der Waals surface area contributed by atoms with Gasteiger partial charge in [0.15, 0.2) is 0 Å². The van der Waals surface area contributed by atoms with Crippen LogP contribution in [0.15, 0.2) is 47.4 Å². The van der Waals surface area contributed by atoms with Crippen LogP contribution in [0.4, 0.5) is 0 Å². The molecule has 0 amide bonds. The van der Waals surface area contributed by atoms with Crippen LogP contribution in [0.1, 0.15) is 13.8 Å². The average Bonchev–Trinajstić information content (AvgIpc) is 2.43. The highest BCUT2D eigenvalue weighted by Gasteiger charge is 2.15. The number of hydrogen-bond donors (Lipinski definition) is 1. The van der Waals surface area contributed by atoms with Crippen LogP contribution in [0.25, 0.3) is 10.8 Å². The van der Waals surface area contributed by atoms with Gasteiger partial charge in [-0.1, -0.05) is 44.2 Å². The third kappa shape index (κ3) is 3.43. The van der Waals surface area contributed by atoms with Gasteiger partial charge in [0.25, 0.3) is 0 Å². The molecule has 0 aromatic heterocycles. The molecule has 2 atom stereocenters. The summed E-state index contributed by atoms with van der Waals surface area (Å²) in [5.74, 6) is 1.14. The molecule has 0 aliphatic heterocycles. The van der Waals surface area contributed by atoms with Gasteiger partial charge in [0, 0.05) is 16.7 Å². The van der Waals surface area contributed by atoms with Gasteiger partial charge in [-0.25, -0.2) is 0 Å². The van der Waals surface area contributed by atoms with Crippen molar-refractivity contribution in [2.75, 3.05) is 12.8 Å². The van der Waals surface area contributed by atoms with Gasteiger partial charge in [0.1, 0.15) is 0 Å². The minimum absolute atomic E-state index is 0.285. The molecular formula is C16H21NOS. The molecule has 2 nitrogen and oxygen atoms in total. The van der Waals surface area contributed by atoms with Gasteiger partial charge in [0.05, 0.1) is 10.8 Å². The minimum Gasteiger partial charge on any atom is -0.316 e. The Bertz CT molecular complexity index is 580. The maximum atomic E-state index is 12.4. The highest BCUT2D eigenvalue weighted by molar-refractivity contribution is 7.85. The zero-order valence-corrected chi connectivity index (χ0v) is 12.5. The van der Waals surface area contributed by atoms with Crippen molar-refractivity contribution in [3.63, 3.8) is 0 Å². The van der Waals surface area contributed by atoms with E-state index in [0.29, 0.717) is 11.7 Å². The molecule has 0 heterocycles. The van der Waals surface area contributed by atoms with Crippen LogP contribution in [-0.2, 0) is 10.8 Å². The lowest BCUT2D eigenvalue weighted by molar-refractivity contribution is 0.462. The Hall–Kier alpha value is -1.19. The molecule has 2 rings (SSSR count). The predicted octanol–water partition coefficient (Wildman–Crippen LogP) is 3.19. The van der Waals surface area contributed by atoms with Crippen molar-refractivity contribution < 1.29 is 4.21 Å². The van der Waals surface area contributed by atoms with Crippen LogP contribution < -0.4 is 5.32 Å². The van der Waals surface area contributed by atoms with E-state index in [1.54, 1.807) is 0 Å². The van der Waals surface area contributed by atoms with Gasteiger partial charge in [-0.2, -0.15) is 0 Å². The zero-order chi connectivity index (χ0) is 13.8. The maximum absolute atomic E-state index is 12.4. The SMILES string of the molecule is CNC(CS(=O)c1ccc2ccccc2c1)C(C)C. The molecule has 0 saturated carbocycles. The average molecular weight is 275 g/mol. The first-order chi connectivity index (χ1) is 9.11. The molecule has 0 fully saturated rings. The van der Waals surface area contributed by atoms with E-state index in [-0.39, 0.29) is 6.04 Å². The Balaban J connectivity index is 2.21. The van der Waals surface area contributed by atoms with E-state index in [1.807, 2.05) is 37.4 Å². The van der Waals surface area contributed by atoms with Crippen LogP contribution in [0, 0.1) is 5.92 Å². The summed E-state index contributed by atoms with van der Waals surface area (Å²) >= 11 is 0. The lowest BCUT2D eigenvalue weighted by atomic mass is 10.1.